The number of halogens is 1. The van der Waals surface area contributed by atoms with E-state index in [2.05, 4.69) is 10.6 Å². The van der Waals surface area contributed by atoms with Crippen molar-refractivity contribution in [1.82, 2.24) is 10.6 Å². The number of amides is 1. The molecule has 0 aromatic heterocycles. The molecule has 1 aliphatic rings. The molecule has 0 unspecified atom stereocenters. The molecule has 1 heterocycles. The van der Waals surface area contributed by atoms with Crippen molar-refractivity contribution >= 4 is 5.91 Å². The first-order valence-corrected chi connectivity index (χ1v) is 8.07. The number of hydrogen-bond donors (Lipinski definition) is 2. The van der Waals surface area contributed by atoms with Crippen LogP contribution in [-0.4, -0.2) is 25.6 Å². The van der Waals surface area contributed by atoms with Gasteiger partial charge in [0.2, 0.25) is 5.91 Å². The zero-order valence-corrected chi connectivity index (χ0v) is 13.2. The molecule has 1 fully saturated rings. The Morgan fingerprint density at radius 2 is 2.18 bits per heavy atom. The Labute approximate surface area is 131 Å². The summed E-state index contributed by atoms with van der Waals surface area (Å²) in [6.45, 7) is 4.71. The molecule has 2 N–H and O–H groups in total. The van der Waals surface area contributed by atoms with Crippen molar-refractivity contribution in [3.63, 3.8) is 0 Å². The second-order valence-corrected chi connectivity index (χ2v) is 5.71. The van der Waals surface area contributed by atoms with Gasteiger partial charge in [0.15, 0.2) is 11.6 Å². The molecule has 1 amide bonds. The largest absolute Gasteiger partial charge is 0.491 e. The molecule has 2 rings (SSSR count). The third-order valence-electron chi connectivity index (χ3n) is 4.02. The summed E-state index contributed by atoms with van der Waals surface area (Å²) in [4.78, 5) is 11.9. The van der Waals surface area contributed by atoms with Gasteiger partial charge in [0.25, 0.3) is 0 Å². The summed E-state index contributed by atoms with van der Waals surface area (Å²) in [6, 6.07) is 4.80. The van der Waals surface area contributed by atoms with Gasteiger partial charge in [-0.05, 0) is 62.9 Å². The summed E-state index contributed by atoms with van der Waals surface area (Å²) < 4.78 is 18.9. The quantitative estimate of drug-likeness (QED) is 0.814. The van der Waals surface area contributed by atoms with Crippen molar-refractivity contribution in [2.45, 2.75) is 39.2 Å². The van der Waals surface area contributed by atoms with Crippen molar-refractivity contribution < 1.29 is 13.9 Å². The van der Waals surface area contributed by atoms with Crippen molar-refractivity contribution in [3.05, 3.63) is 29.6 Å². The highest BCUT2D eigenvalue weighted by Crippen LogP contribution is 2.19. The molecule has 1 aromatic carbocycles. The topological polar surface area (TPSA) is 50.4 Å². The monoisotopic (exact) mass is 308 g/mol. The zero-order chi connectivity index (χ0) is 15.8. The van der Waals surface area contributed by atoms with Gasteiger partial charge in [-0.3, -0.25) is 4.79 Å². The third-order valence-corrected chi connectivity index (χ3v) is 4.02. The lowest BCUT2D eigenvalue weighted by molar-refractivity contribution is -0.121. The normalized spacial score (nSPS) is 15.5. The Morgan fingerprint density at radius 3 is 2.86 bits per heavy atom. The summed E-state index contributed by atoms with van der Waals surface area (Å²) in [5, 5.41) is 6.18. The standard InChI is InChI=1S/C17H25FN2O2/c1-2-22-16-5-3-14(11-15(16)18)12-20-17(21)6-4-13-7-9-19-10-8-13/h3,5,11,13,19H,2,4,6-10,12H2,1H3,(H,20,21). The number of hydrogen-bond acceptors (Lipinski definition) is 3. The van der Waals surface area contributed by atoms with Crippen LogP contribution < -0.4 is 15.4 Å². The lowest BCUT2D eigenvalue weighted by atomic mass is 9.93. The molecule has 4 nitrogen and oxygen atoms in total. The number of carbonyl (C=O) groups excluding carboxylic acids is 1. The van der Waals surface area contributed by atoms with Gasteiger partial charge in [-0.25, -0.2) is 4.39 Å². The van der Waals surface area contributed by atoms with Crippen LogP contribution in [-0.2, 0) is 11.3 Å². The van der Waals surface area contributed by atoms with E-state index in [1.807, 2.05) is 6.92 Å². The molecule has 0 atom stereocenters. The number of rotatable bonds is 7. The number of ether oxygens (including phenoxy) is 1. The van der Waals surface area contributed by atoms with Crippen LogP contribution in [0.4, 0.5) is 4.39 Å². The van der Waals surface area contributed by atoms with Crippen LogP contribution in [0, 0.1) is 11.7 Å². The Kier molecular flexibility index (Phi) is 6.65. The van der Waals surface area contributed by atoms with Crippen LogP contribution in [0.15, 0.2) is 18.2 Å². The molecule has 0 radical (unpaired) electrons. The maximum Gasteiger partial charge on any atom is 0.220 e. The van der Waals surface area contributed by atoms with Crippen LogP contribution in [0.2, 0.25) is 0 Å². The van der Waals surface area contributed by atoms with Gasteiger partial charge in [0, 0.05) is 13.0 Å². The van der Waals surface area contributed by atoms with Crippen LogP contribution >= 0.6 is 0 Å². The fourth-order valence-corrected chi connectivity index (χ4v) is 2.72. The SMILES string of the molecule is CCOc1ccc(CNC(=O)CCC2CCNCC2)cc1F. The van der Waals surface area contributed by atoms with Gasteiger partial charge in [-0.1, -0.05) is 6.07 Å². The number of piperidine rings is 1. The highest BCUT2D eigenvalue weighted by Gasteiger charge is 2.14. The van der Waals surface area contributed by atoms with E-state index in [-0.39, 0.29) is 17.5 Å². The van der Waals surface area contributed by atoms with Gasteiger partial charge in [0.1, 0.15) is 0 Å². The lowest BCUT2D eigenvalue weighted by Crippen LogP contribution is -2.29. The van der Waals surface area contributed by atoms with Gasteiger partial charge in [-0.15, -0.1) is 0 Å². The molecule has 1 aliphatic heterocycles. The first kappa shape index (κ1) is 16.7. The average molecular weight is 308 g/mol. The van der Waals surface area contributed by atoms with Crippen LogP contribution in [0.1, 0.15) is 38.2 Å². The van der Waals surface area contributed by atoms with Crippen LogP contribution in [0.25, 0.3) is 0 Å². The maximum absolute atomic E-state index is 13.7. The Balaban J connectivity index is 1.72. The maximum atomic E-state index is 13.7. The second kappa shape index (κ2) is 8.73. The first-order chi connectivity index (χ1) is 10.7. The fraction of sp³-hybridized carbons (Fsp3) is 0.588. The average Bonchev–Trinajstić information content (AvgIpc) is 2.54. The molecular weight excluding hydrogens is 283 g/mol. The van der Waals surface area contributed by atoms with Crippen molar-refractivity contribution in [1.29, 1.82) is 0 Å². The van der Waals surface area contributed by atoms with E-state index in [1.165, 1.54) is 6.07 Å². The predicted octanol–water partition coefficient (Wildman–Crippen LogP) is 2.62. The van der Waals surface area contributed by atoms with Gasteiger partial charge < -0.3 is 15.4 Å². The Bertz CT molecular complexity index is 488. The Morgan fingerprint density at radius 1 is 1.41 bits per heavy atom. The minimum absolute atomic E-state index is 0.0350. The third kappa shape index (κ3) is 5.30. The van der Waals surface area contributed by atoms with Gasteiger partial charge in [-0.2, -0.15) is 0 Å². The number of carbonyl (C=O) groups is 1. The smallest absolute Gasteiger partial charge is 0.220 e. The highest BCUT2D eigenvalue weighted by molar-refractivity contribution is 5.75. The number of nitrogens with one attached hydrogen (secondary N) is 2. The summed E-state index contributed by atoms with van der Waals surface area (Å²) in [5.41, 5.74) is 0.746. The van der Waals surface area contributed by atoms with E-state index in [4.69, 9.17) is 4.74 Å². The summed E-state index contributed by atoms with van der Waals surface area (Å²) in [5.74, 6) is 0.550. The molecule has 0 saturated carbocycles. The van der Waals surface area contributed by atoms with E-state index in [0.717, 1.165) is 37.9 Å². The molecular formula is C17H25FN2O2. The van der Waals surface area contributed by atoms with Crippen molar-refractivity contribution in [3.8, 4) is 5.75 Å². The van der Waals surface area contributed by atoms with Crippen LogP contribution in [0.5, 0.6) is 5.75 Å². The fourth-order valence-electron chi connectivity index (χ4n) is 2.72. The minimum Gasteiger partial charge on any atom is -0.491 e. The molecule has 1 aromatic rings. The van der Waals surface area contributed by atoms with Crippen molar-refractivity contribution in [2.24, 2.45) is 5.92 Å². The molecule has 1 saturated heterocycles. The molecule has 122 valence electrons. The summed E-state index contributed by atoms with van der Waals surface area (Å²) >= 11 is 0. The van der Waals surface area contributed by atoms with E-state index in [1.54, 1.807) is 12.1 Å². The molecule has 5 heteroatoms. The van der Waals surface area contributed by atoms with E-state index < -0.39 is 0 Å². The van der Waals surface area contributed by atoms with E-state index in [9.17, 15) is 9.18 Å². The predicted molar refractivity (Wildman–Crippen MR) is 84.2 cm³/mol. The minimum atomic E-state index is -0.386. The van der Waals surface area contributed by atoms with Crippen molar-refractivity contribution in [2.75, 3.05) is 19.7 Å². The zero-order valence-electron chi connectivity index (χ0n) is 13.2. The molecule has 0 bridgehead atoms. The van der Waals surface area contributed by atoms with E-state index >= 15 is 0 Å². The Hall–Kier alpha value is -1.62. The summed E-state index contributed by atoms with van der Waals surface area (Å²) in [7, 11) is 0. The lowest BCUT2D eigenvalue weighted by Gasteiger charge is -2.22. The first-order valence-electron chi connectivity index (χ1n) is 8.07. The van der Waals surface area contributed by atoms with E-state index in [0.29, 0.717) is 25.5 Å². The summed E-state index contributed by atoms with van der Waals surface area (Å²) in [6.07, 6.45) is 3.78. The molecule has 22 heavy (non-hydrogen) atoms. The number of benzene rings is 1. The molecule has 0 aliphatic carbocycles. The van der Waals surface area contributed by atoms with Crippen LogP contribution in [0.3, 0.4) is 0 Å². The highest BCUT2D eigenvalue weighted by atomic mass is 19.1. The second-order valence-electron chi connectivity index (χ2n) is 5.71. The molecule has 0 spiro atoms. The van der Waals surface area contributed by atoms with Gasteiger partial charge >= 0.3 is 0 Å². The van der Waals surface area contributed by atoms with Gasteiger partial charge in [0.05, 0.1) is 6.61 Å².